The van der Waals surface area contributed by atoms with E-state index >= 15 is 0 Å². The van der Waals surface area contributed by atoms with Crippen LogP contribution in [0, 0.1) is 5.82 Å². The molecule has 0 radical (unpaired) electrons. The number of hydrogen-bond donors (Lipinski definition) is 2. The summed E-state index contributed by atoms with van der Waals surface area (Å²) in [6.45, 7) is 1.64. The highest BCUT2D eigenvalue weighted by atomic mass is 35.5. The summed E-state index contributed by atoms with van der Waals surface area (Å²) < 4.78 is 13.6. The molecule has 0 saturated carbocycles. The van der Waals surface area contributed by atoms with Crippen LogP contribution in [0.4, 0.5) is 4.39 Å². The molecule has 1 aliphatic rings. The maximum Gasteiger partial charge on any atom is 0.270 e. The standard InChI is InChI=1S/C16H18FN3OS.2ClH/c17-13-6-2-1-4-11(13)8-15-20-14(10-22-15)16(21)19-9-12-5-3-7-18-12;;/h1-2,4,6,10,12,18H,3,5,7-9H2,(H,19,21);2*1H. The monoisotopic (exact) mass is 391 g/mol. The van der Waals surface area contributed by atoms with Gasteiger partial charge in [0.2, 0.25) is 0 Å². The molecule has 1 fully saturated rings. The minimum atomic E-state index is -0.240. The molecule has 1 aromatic heterocycles. The number of rotatable bonds is 5. The smallest absolute Gasteiger partial charge is 0.270 e. The molecule has 0 aliphatic carbocycles. The molecule has 8 heteroatoms. The van der Waals surface area contributed by atoms with Gasteiger partial charge in [0.25, 0.3) is 5.91 Å². The van der Waals surface area contributed by atoms with Gasteiger partial charge in [0.15, 0.2) is 0 Å². The summed E-state index contributed by atoms with van der Waals surface area (Å²) in [6.07, 6.45) is 2.66. The quantitative estimate of drug-likeness (QED) is 0.822. The number of aromatic nitrogens is 1. The molecule has 1 amide bonds. The van der Waals surface area contributed by atoms with Crippen molar-refractivity contribution in [3.8, 4) is 0 Å². The molecule has 2 heterocycles. The number of carbonyl (C=O) groups excluding carboxylic acids is 1. The summed E-state index contributed by atoms with van der Waals surface area (Å²) in [5.41, 5.74) is 1.01. The Balaban J connectivity index is 0.00000144. The summed E-state index contributed by atoms with van der Waals surface area (Å²) in [6, 6.07) is 7.00. The van der Waals surface area contributed by atoms with Gasteiger partial charge in [-0.05, 0) is 31.0 Å². The van der Waals surface area contributed by atoms with Crippen LogP contribution in [0.3, 0.4) is 0 Å². The fraction of sp³-hybridized carbons (Fsp3) is 0.375. The number of amides is 1. The van der Waals surface area contributed by atoms with Crippen molar-refractivity contribution in [3.05, 3.63) is 51.7 Å². The highest BCUT2D eigenvalue weighted by Crippen LogP contribution is 2.17. The zero-order valence-corrected chi connectivity index (χ0v) is 15.4. The normalized spacial score (nSPS) is 16.1. The van der Waals surface area contributed by atoms with Crippen molar-refractivity contribution in [1.29, 1.82) is 0 Å². The fourth-order valence-corrected chi connectivity index (χ4v) is 3.34. The van der Waals surface area contributed by atoms with Gasteiger partial charge in [0, 0.05) is 24.4 Å². The summed E-state index contributed by atoms with van der Waals surface area (Å²) >= 11 is 1.39. The second-order valence-corrected chi connectivity index (χ2v) is 6.34. The molecule has 1 atom stereocenters. The first kappa shape index (κ1) is 20.8. The van der Waals surface area contributed by atoms with E-state index in [4.69, 9.17) is 0 Å². The minimum absolute atomic E-state index is 0. The zero-order valence-electron chi connectivity index (χ0n) is 13.0. The average Bonchev–Trinajstić information content (AvgIpc) is 3.19. The Morgan fingerprint density at radius 1 is 1.38 bits per heavy atom. The summed E-state index contributed by atoms with van der Waals surface area (Å²) in [7, 11) is 0. The third-order valence-corrected chi connectivity index (χ3v) is 4.60. The van der Waals surface area contributed by atoms with Crippen molar-refractivity contribution in [2.45, 2.75) is 25.3 Å². The SMILES string of the molecule is Cl.Cl.O=C(NCC1CCCN1)c1csc(Cc2ccccc2F)n1. The highest BCUT2D eigenvalue weighted by Gasteiger charge is 2.17. The summed E-state index contributed by atoms with van der Waals surface area (Å²) in [5, 5.41) is 8.71. The van der Waals surface area contributed by atoms with E-state index in [2.05, 4.69) is 15.6 Å². The molecular weight excluding hydrogens is 372 g/mol. The lowest BCUT2D eigenvalue weighted by Crippen LogP contribution is -2.37. The van der Waals surface area contributed by atoms with Gasteiger partial charge in [-0.3, -0.25) is 4.79 Å². The van der Waals surface area contributed by atoms with Gasteiger partial charge < -0.3 is 10.6 Å². The van der Waals surface area contributed by atoms with E-state index in [0.717, 1.165) is 24.4 Å². The molecule has 3 rings (SSSR count). The molecule has 1 unspecified atom stereocenters. The summed E-state index contributed by atoms with van der Waals surface area (Å²) in [5.74, 6) is -0.402. The van der Waals surface area contributed by atoms with Crippen LogP contribution in [0.15, 0.2) is 29.6 Å². The van der Waals surface area contributed by atoms with Crippen LogP contribution in [0.1, 0.15) is 33.9 Å². The molecule has 0 bridgehead atoms. The lowest BCUT2D eigenvalue weighted by molar-refractivity contribution is 0.0946. The van der Waals surface area contributed by atoms with E-state index in [-0.39, 0.29) is 36.5 Å². The first-order valence-corrected chi connectivity index (χ1v) is 8.30. The molecule has 0 spiro atoms. The van der Waals surface area contributed by atoms with Gasteiger partial charge in [-0.1, -0.05) is 18.2 Å². The van der Waals surface area contributed by atoms with E-state index in [1.807, 2.05) is 0 Å². The Morgan fingerprint density at radius 2 is 2.17 bits per heavy atom. The molecule has 132 valence electrons. The lowest BCUT2D eigenvalue weighted by Gasteiger charge is -2.10. The number of hydrogen-bond acceptors (Lipinski definition) is 4. The van der Waals surface area contributed by atoms with E-state index in [1.54, 1.807) is 23.6 Å². The Kier molecular flexibility index (Phi) is 8.62. The van der Waals surface area contributed by atoms with Crippen LogP contribution >= 0.6 is 36.2 Å². The van der Waals surface area contributed by atoms with Crippen molar-refractivity contribution >= 4 is 42.1 Å². The van der Waals surface area contributed by atoms with Gasteiger partial charge in [-0.15, -0.1) is 36.2 Å². The van der Waals surface area contributed by atoms with Gasteiger partial charge >= 0.3 is 0 Å². The Bertz CT molecular complexity index is 662. The van der Waals surface area contributed by atoms with Crippen LogP contribution in [0.2, 0.25) is 0 Å². The predicted molar refractivity (Wildman–Crippen MR) is 99.2 cm³/mol. The minimum Gasteiger partial charge on any atom is -0.349 e. The van der Waals surface area contributed by atoms with E-state index in [9.17, 15) is 9.18 Å². The average molecular weight is 392 g/mol. The molecule has 4 nitrogen and oxygen atoms in total. The Labute approximate surface area is 157 Å². The lowest BCUT2D eigenvalue weighted by atomic mass is 10.1. The third kappa shape index (κ3) is 5.41. The number of nitrogens with one attached hydrogen (secondary N) is 2. The van der Waals surface area contributed by atoms with Gasteiger partial charge in [0.1, 0.15) is 11.5 Å². The number of thiazole rings is 1. The zero-order chi connectivity index (χ0) is 15.4. The molecule has 24 heavy (non-hydrogen) atoms. The van der Waals surface area contributed by atoms with Crippen LogP contribution < -0.4 is 10.6 Å². The Morgan fingerprint density at radius 3 is 2.88 bits per heavy atom. The van der Waals surface area contributed by atoms with Crippen LogP contribution in [0.5, 0.6) is 0 Å². The van der Waals surface area contributed by atoms with Crippen LogP contribution in [-0.2, 0) is 6.42 Å². The number of benzene rings is 1. The van der Waals surface area contributed by atoms with Crippen molar-refractivity contribution in [2.75, 3.05) is 13.1 Å². The molecule has 1 saturated heterocycles. The molecular formula is C16H20Cl2FN3OS. The van der Waals surface area contributed by atoms with E-state index in [0.29, 0.717) is 30.3 Å². The van der Waals surface area contributed by atoms with E-state index < -0.39 is 0 Å². The Hall–Kier alpha value is -1.21. The molecule has 2 N–H and O–H groups in total. The molecule has 1 aromatic carbocycles. The van der Waals surface area contributed by atoms with Gasteiger partial charge in [0.05, 0.1) is 5.01 Å². The highest BCUT2D eigenvalue weighted by molar-refractivity contribution is 7.09. The topological polar surface area (TPSA) is 54.0 Å². The van der Waals surface area contributed by atoms with Crippen molar-refractivity contribution in [3.63, 3.8) is 0 Å². The maximum absolute atomic E-state index is 13.6. The van der Waals surface area contributed by atoms with Crippen molar-refractivity contribution < 1.29 is 9.18 Å². The second kappa shape index (κ2) is 9.93. The maximum atomic E-state index is 13.6. The molecule has 2 aromatic rings. The number of nitrogens with zero attached hydrogens (tertiary/aromatic N) is 1. The first-order chi connectivity index (χ1) is 10.7. The number of carbonyl (C=O) groups is 1. The molecule has 1 aliphatic heterocycles. The predicted octanol–water partition coefficient (Wildman–Crippen LogP) is 3.20. The fourth-order valence-electron chi connectivity index (χ4n) is 2.54. The third-order valence-electron chi connectivity index (χ3n) is 3.76. The number of halogens is 3. The largest absolute Gasteiger partial charge is 0.349 e. The van der Waals surface area contributed by atoms with Gasteiger partial charge in [-0.2, -0.15) is 0 Å². The first-order valence-electron chi connectivity index (χ1n) is 7.42. The van der Waals surface area contributed by atoms with Crippen LogP contribution in [0.25, 0.3) is 0 Å². The van der Waals surface area contributed by atoms with Crippen molar-refractivity contribution in [2.24, 2.45) is 0 Å². The van der Waals surface area contributed by atoms with E-state index in [1.165, 1.54) is 17.4 Å². The van der Waals surface area contributed by atoms with Gasteiger partial charge in [-0.25, -0.2) is 9.37 Å². The second-order valence-electron chi connectivity index (χ2n) is 5.40. The van der Waals surface area contributed by atoms with Crippen molar-refractivity contribution in [1.82, 2.24) is 15.6 Å². The van der Waals surface area contributed by atoms with Crippen LogP contribution in [-0.4, -0.2) is 30.0 Å². The summed E-state index contributed by atoms with van der Waals surface area (Å²) in [4.78, 5) is 16.4.